The van der Waals surface area contributed by atoms with Crippen molar-refractivity contribution in [2.24, 2.45) is 11.8 Å². The quantitative estimate of drug-likeness (QED) is 0.804. The second-order valence-electron chi connectivity index (χ2n) is 5.60. The fourth-order valence-corrected chi connectivity index (χ4v) is 3.21. The van der Waals surface area contributed by atoms with Crippen molar-refractivity contribution in [2.75, 3.05) is 5.32 Å². The lowest BCUT2D eigenvalue weighted by atomic mass is 9.78. The highest BCUT2D eigenvalue weighted by molar-refractivity contribution is 6.30. The molecule has 0 saturated heterocycles. The molecule has 0 spiro atoms. The maximum absolute atomic E-state index is 13.3. The zero-order valence-electron chi connectivity index (χ0n) is 11.0. The van der Waals surface area contributed by atoms with Gasteiger partial charge in [0.05, 0.1) is 0 Å². The van der Waals surface area contributed by atoms with Crippen molar-refractivity contribution in [1.29, 1.82) is 0 Å². The fourth-order valence-electron chi connectivity index (χ4n) is 2.99. The molecule has 1 nitrogen and oxygen atoms in total. The van der Waals surface area contributed by atoms with Crippen LogP contribution in [0.15, 0.2) is 18.2 Å². The summed E-state index contributed by atoms with van der Waals surface area (Å²) in [6, 6.07) is 5.11. The fraction of sp³-hybridized carbons (Fsp3) is 0.600. The number of halogens is 2. The van der Waals surface area contributed by atoms with Crippen molar-refractivity contribution < 1.29 is 4.39 Å². The highest BCUT2D eigenvalue weighted by Gasteiger charge is 2.27. The number of rotatable bonds is 3. The van der Waals surface area contributed by atoms with Crippen molar-refractivity contribution in [3.63, 3.8) is 0 Å². The molecule has 2 rings (SSSR count). The van der Waals surface area contributed by atoms with Crippen LogP contribution in [0.3, 0.4) is 0 Å². The lowest BCUT2D eigenvalue weighted by molar-refractivity contribution is 0.254. The summed E-state index contributed by atoms with van der Waals surface area (Å²) < 4.78 is 13.3. The Bertz CT molecular complexity index is 385. The molecule has 1 aromatic carbocycles. The Kier molecular flexibility index (Phi) is 4.50. The Labute approximate surface area is 114 Å². The van der Waals surface area contributed by atoms with Crippen molar-refractivity contribution in [1.82, 2.24) is 0 Å². The van der Waals surface area contributed by atoms with E-state index in [1.54, 1.807) is 6.07 Å². The van der Waals surface area contributed by atoms with Crippen LogP contribution in [0.4, 0.5) is 10.1 Å². The molecule has 3 heteroatoms. The van der Waals surface area contributed by atoms with Gasteiger partial charge < -0.3 is 5.32 Å². The maximum atomic E-state index is 13.3. The topological polar surface area (TPSA) is 12.0 Å². The van der Waals surface area contributed by atoms with Gasteiger partial charge in [-0.05, 0) is 42.9 Å². The van der Waals surface area contributed by atoms with Gasteiger partial charge in [-0.2, -0.15) is 0 Å². The standard InChI is InChI=1S/C15H21ClFN/c1-10(2)14-5-3-4-6-15(14)18-13-8-11(16)7-12(17)9-13/h7-10,14-15,18H,3-6H2,1-2H3. The SMILES string of the molecule is CC(C)C1CCCCC1Nc1cc(F)cc(Cl)c1. The molecule has 100 valence electrons. The first-order valence-corrected chi connectivity index (χ1v) is 7.16. The Balaban J connectivity index is 2.10. The second-order valence-corrected chi connectivity index (χ2v) is 6.04. The third kappa shape index (κ3) is 3.38. The van der Waals surface area contributed by atoms with E-state index in [9.17, 15) is 4.39 Å². The lowest BCUT2D eigenvalue weighted by Gasteiger charge is -2.35. The number of nitrogens with one attached hydrogen (secondary N) is 1. The first-order chi connectivity index (χ1) is 8.56. The largest absolute Gasteiger partial charge is 0.382 e. The molecule has 1 aliphatic carbocycles. The molecule has 2 atom stereocenters. The first-order valence-electron chi connectivity index (χ1n) is 6.79. The highest BCUT2D eigenvalue weighted by atomic mass is 35.5. The molecular weight excluding hydrogens is 249 g/mol. The van der Waals surface area contributed by atoms with Crippen molar-refractivity contribution in [3.05, 3.63) is 29.0 Å². The molecule has 1 aliphatic rings. The molecule has 2 unspecified atom stereocenters. The van der Waals surface area contributed by atoms with Gasteiger partial charge >= 0.3 is 0 Å². The normalized spacial score (nSPS) is 24.3. The second kappa shape index (κ2) is 5.92. The van der Waals surface area contributed by atoms with Crippen LogP contribution in [0.5, 0.6) is 0 Å². The van der Waals surface area contributed by atoms with Crippen LogP contribution < -0.4 is 5.32 Å². The maximum Gasteiger partial charge on any atom is 0.126 e. The molecule has 1 fully saturated rings. The predicted molar refractivity (Wildman–Crippen MR) is 75.6 cm³/mol. The number of anilines is 1. The number of benzene rings is 1. The van der Waals surface area contributed by atoms with Crippen LogP contribution in [0, 0.1) is 17.7 Å². The van der Waals surface area contributed by atoms with E-state index in [-0.39, 0.29) is 5.82 Å². The molecule has 0 heterocycles. The average molecular weight is 270 g/mol. The summed E-state index contributed by atoms with van der Waals surface area (Å²) in [5.41, 5.74) is 0.803. The summed E-state index contributed by atoms with van der Waals surface area (Å²) in [7, 11) is 0. The smallest absolute Gasteiger partial charge is 0.126 e. The van der Waals surface area contributed by atoms with Crippen LogP contribution in [0.1, 0.15) is 39.5 Å². The molecule has 1 N–H and O–H groups in total. The van der Waals surface area contributed by atoms with Crippen molar-refractivity contribution in [3.8, 4) is 0 Å². The molecule has 0 amide bonds. The molecule has 0 radical (unpaired) electrons. The van der Waals surface area contributed by atoms with Crippen LogP contribution in [-0.4, -0.2) is 6.04 Å². The Morgan fingerprint density at radius 1 is 1.22 bits per heavy atom. The minimum absolute atomic E-state index is 0.276. The monoisotopic (exact) mass is 269 g/mol. The summed E-state index contributed by atoms with van der Waals surface area (Å²) in [5.74, 6) is 1.05. The average Bonchev–Trinajstić information content (AvgIpc) is 2.27. The summed E-state index contributed by atoms with van der Waals surface area (Å²) in [6.45, 7) is 4.53. The lowest BCUT2D eigenvalue weighted by Crippen LogP contribution is -2.35. The third-order valence-corrected chi connectivity index (χ3v) is 4.11. The van der Waals surface area contributed by atoms with Crippen LogP contribution in [0.2, 0.25) is 5.02 Å². The molecule has 18 heavy (non-hydrogen) atoms. The predicted octanol–water partition coefficient (Wildman–Crippen LogP) is 5.11. The van der Waals surface area contributed by atoms with E-state index in [2.05, 4.69) is 19.2 Å². The van der Waals surface area contributed by atoms with E-state index in [0.29, 0.717) is 22.9 Å². The summed E-state index contributed by atoms with van der Waals surface area (Å²) in [5, 5.41) is 3.92. The van der Waals surface area contributed by atoms with Gasteiger partial charge in [-0.1, -0.05) is 38.3 Å². The number of hydrogen-bond donors (Lipinski definition) is 1. The van der Waals surface area contributed by atoms with Gasteiger partial charge in [-0.15, -0.1) is 0 Å². The van der Waals surface area contributed by atoms with Gasteiger partial charge in [0.1, 0.15) is 5.82 Å². The number of hydrogen-bond acceptors (Lipinski definition) is 1. The third-order valence-electron chi connectivity index (χ3n) is 3.89. The minimum Gasteiger partial charge on any atom is -0.382 e. The van der Waals surface area contributed by atoms with Gasteiger partial charge in [0, 0.05) is 16.8 Å². The summed E-state index contributed by atoms with van der Waals surface area (Å²) >= 11 is 5.89. The van der Waals surface area contributed by atoms with Gasteiger partial charge in [0.2, 0.25) is 0 Å². The van der Waals surface area contributed by atoms with E-state index in [4.69, 9.17) is 11.6 Å². The van der Waals surface area contributed by atoms with Crippen molar-refractivity contribution in [2.45, 2.75) is 45.6 Å². The van der Waals surface area contributed by atoms with Gasteiger partial charge in [-0.3, -0.25) is 0 Å². The minimum atomic E-state index is -0.276. The Morgan fingerprint density at radius 3 is 2.61 bits per heavy atom. The van der Waals surface area contributed by atoms with Gasteiger partial charge in [0.25, 0.3) is 0 Å². The van der Waals surface area contributed by atoms with Crippen molar-refractivity contribution >= 4 is 17.3 Å². The molecule has 0 bridgehead atoms. The van der Waals surface area contributed by atoms with E-state index in [0.717, 1.165) is 12.1 Å². The summed E-state index contributed by atoms with van der Waals surface area (Å²) in [6.07, 6.45) is 4.99. The van der Waals surface area contributed by atoms with Gasteiger partial charge in [-0.25, -0.2) is 4.39 Å². The molecule has 1 saturated carbocycles. The van der Waals surface area contributed by atoms with Crippen LogP contribution >= 0.6 is 11.6 Å². The van der Waals surface area contributed by atoms with Gasteiger partial charge in [0.15, 0.2) is 0 Å². The zero-order valence-corrected chi connectivity index (χ0v) is 11.8. The van der Waals surface area contributed by atoms with E-state index < -0.39 is 0 Å². The molecule has 0 aromatic heterocycles. The summed E-state index contributed by atoms with van der Waals surface area (Å²) in [4.78, 5) is 0. The van der Waals surface area contributed by atoms with E-state index in [1.165, 1.54) is 31.4 Å². The molecule has 1 aromatic rings. The van der Waals surface area contributed by atoms with Crippen LogP contribution in [0.25, 0.3) is 0 Å². The van der Waals surface area contributed by atoms with E-state index in [1.807, 2.05) is 0 Å². The van der Waals surface area contributed by atoms with E-state index >= 15 is 0 Å². The zero-order chi connectivity index (χ0) is 13.1. The molecular formula is C15H21ClFN. The molecule has 0 aliphatic heterocycles. The Morgan fingerprint density at radius 2 is 1.94 bits per heavy atom. The Hall–Kier alpha value is -0.760. The van der Waals surface area contributed by atoms with Crippen LogP contribution in [-0.2, 0) is 0 Å². The highest BCUT2D eigenvalue weighted by Crippen LogP contribution is 2.32. The first kappa shape index (κ1) is 13.7.